The molecule has 0 atom stereocenters. The van der Waals surface area contributed by atoms with Crippen LogP contribution in [-0.4, -0.2) is 22.2 Å². The Morgan fingerprint density at radius 2 is 1.60 bits per heavy atom. The molecule has 0 unspecified atom stereocenters. The fourth-order valence-electron chi connectivity index (χ4n) is 3.01. The summed E-state index contributed by atoms with van der Waals surface area (Å²) >= 11 is 1.28. The number of thioether (sulfide) groups is 1. The van der Waals surface area contributed by atoms with Crippen LogP contribution in [-0.2, 0) is 16.0 Å². The summed E-state index contributed by atoms with van der Waals surface area (Å²) in [6.07, 6.45) is 1.81. The van der Waals surface area contributed by atoms with E-state index in [0.717, 1.165) is 16.7 Å². The second-order valence-electron chi connectivity index (χ2n) is 6.71. The molecular weight excluding hydrogens is 396 g/mol. The quantitative estimate of drug-likeness (QED) is 0.584. The molecule has 1 heterocycles. The maximum Gasteiger partial charge on any atom is 0.307 e. The molecule has 148 valence electrons. The first kappa shape index (κ1) is 19.7. The number of hydrogen-bond donors (Lipinski definition) is 2. The van der Waals surface area contributed by atoms with Crippen molar-refractivity contribution in [2.24, 2.45) is 4.99 Å². The van der Waals surface area contributed by atoms with E-state index in [0.29, 0.717) is 21.3 Å². The van der Waals surface area contributed by atoms with E-state index in [1.807, 2.05) is 48.5 Å². The van der Waals surface area contributed by atoms with Crippen LogP contribution in [0.25, 0.3) is 17.2 Å². The first-order chi connectivity index (χ1) is 14.6. The molecule has 2 N–H and O–H groups in total. The number of nitrogens with one attached hydrogen (secondary N) is 1. The number of aliphatic carboxylic acids is 1. The van der Waals surface area contributed by atoms with Crippen LogP contribution in [0.5, 0.6) is 0 Å². The van der Waals surface area contributed by atoms with Crippen molar-refractivity contribution >= 4 is 40.6 Å². The molecule has 3 aromatic rings. The molecule has 0 bridgehead atoms. The van der Waals surface area contributed by atoms with Crippen molar-refractivity contribution in [1.82, 2.24) is 5.32 Å². The molecule has 1 fully saturated rings. The Bertz CT molecular complexity index is 1140. The minimum absolute atomic E-state index is 0.0295. The fourth-order valence-corrected chi connectivity index (χ4v) is 3.86. The van der Waals surface area contributed by atoms with Crippen molar-refractivity contribution in [2.45, 2.75) is 6.42 Å². The summed E-state index contributed by atoms with van der Waals surface area (Å²) in [4.78, 5) is 28.1. The highest BCUT2D eigenvalue weighted by Crippen LogP contribution is 2.29. The first-order valence-corrected chi connectivity index (χ1v) is 10.1. The zero-order valence-electron chi connectivity index (χ0n) is 15.9. The molecule has 0 radical (unpaired) electrons. The summed E-state index contributed by atoms with van der Waals surface area (Å²) < 4.78 is 0. The van der Waals surface area contributed by atoms with E-state index >= 15 is 0 Å². The molecule has 5 nitrogen and oxygen atoms in total. The van der Waals surface area contributed by atoms with Gasteiger partial charge in [0.05, 0.1) is 17.0 Å². The molecule has 0 spiro atoms. The van der Waals surface area contributed by atoms with Gasteiger partial charge in [-0.05, 0) is 52.2 Å². The molecule has 1 saturated heterocycles. The minimum Gasteiger partial charge on any atom is -0.481 e. The predicted octanol–water partition coefficient (Wildman–Crippen LogP) is 4.87. The molecule has 3 aromatic carbocycles. The molecule has 0 saturated carbocycles. The van der Waals surface area contributed by atoms with Gasteiger partial charge in [-0.15, -0.1) is 0 Å². The number of benzene rings is 3. The maximum absolute atomic E-state index is 12.3. The van der Waals surface area contributed by atoms with E-state index in [-0.39, 0.29) is 12.3 Å². The van der Waals surface area contributed by atoms with Gasteiger partial charge in [-0.3, -0.25) is 9.59 Å². The lowest BCUT2D eigenvalue weighted by Gasteiger charge is -2.02. The van der Waals surface area contributed by atoms with E-state index in [9.17, 15) is 9.59 Å². The first-order valence-electron chi connectivity index (χ1n) is 9.33. The van der Waals surface area contributed by atoms with E-state index < -0.39 is 5.97 Å². The van der Waals surface area contributed by atoms with Gasteiger partial charge in [0.2, 0.25) is 0 Å². The third kappa shape index (κ3) is 4.85. The Balaban J connectivity index is 1.47. The molecular formula is C24H18N2O3S. The molecule has 0 aromatic heterocycles. The summed E-state index contributed by atoms with van der Waals surface area (Å²) in [7, 11) is 0. The van der Waals surface area contributed by atoms with Gasteiger partial charge in [-0.25, -0.2) is 4.99 Å². The second kappa shape index (κ2) is 8.80. The van der Waals surface area contributed by atoms with Crippen molar-refractivity contribution in [3.8, 4) is 11.1 Å². The largest absolute Gasteiger partial charge is 0.481 e. The van der Waals surface area contributed by atoms with E-state index in [1.165, 1.54) is 11.8 Å². The monoisotopic (exact) mass is 414 g/mol. The van der Waals surface area contributed by atoms with Crippen LogP contribution in [0.1, 0.15) is 11.1 Å². The van der Waals surface area contributed by atoms with Crippen LogP contribution in [0.2, 0.25) is 0 Å². The maximum atomic E-state index is 12.3. The number of hydrogen-bond acceptors (Lipinski definition) is 4. The average molecular weight is 414 g/mol. The standard InChI is InChI=1S/C24H18N2O3S/c27-22(28)15-17-8-12-20(13-9-17)25-24-26-23(29)21(30-24)14-16-6-10-19(11-7-16)18-4-2-1-3-5-18/h1-14H,15H2,(H,27,28)(H,25,26,29)/b21-14-. The number of amidine groups is 1. The number of rotatable bonds is 5. The summed E-state index contributed by atoms with van der Waals surface area (Å²) in [5.41, 5.74) is 4.56. The lowest BCUT2D eigenvalue weighted by atomic mass is 10.0. The molecule has 0 aliphatic carbocycles. The molecule has 30 heavy (non-hydrogen) atoms. The SMILES string of the molecule is O=C(O)Cc1ccc(N=C2NC(=O)/C(=C/c3ccc(-c4ccccc4)cc3)S2)cc1. The number of carbonyl (C=O) groups is 2. The second-order valence-corrected chi connectivity index (χ2v) is 7.74. The molecule has 1 aliphatic rings. The van der Waals surface area contributed by atoms with Gasteiger partial charge in [-0.2, -0.15) is 0 Å². The van der Waals surface area contributed by atoms with Crippen molar-refractivity contribution in [3.63, 3.8) is 0 Å². The zero-order chi connectivity index (χ0) is 20.9. The van der Waals surface area contributed by atoms with Gasteiger partial charge >= 0.3 is 5.97 Å². The predicted molar refractivity (Wildman–Crippen MR) is 120 cm³/mol. The smallest absolute Gasteiger partial charge is 0.307 e. The number of amides is 1. The van der Waals surface area contributed by atoms with E-state index in [1.54, 1.807) is 24.3 Å². The van der Waals surface area contributed by atoms with Gasteiger partial charge in [0, 0.05) is 0 Å². The number of carboxylic acids is 1. The number of carboxylic acid groups (broad SMARTS) is 1. The van der Waals surface area contributed by atoms with Crippen LogP contribution < -0.4 is 5.32 Å². The Kier molecular flexibility index (Phi) is 5.77. The lowest BCUT2D eigenvalue weighted by Crippen LogP contribution is -2.19. The Hall–Kier alpha value is -3.64. The summed E-state index contributed by atoms with van der Waals surface area (Å²) in [5, 5.41) is 12.1. The number of carbonyl (C=O) groups excluding carboxylic acids is 1. The highest BCUT2D eigenvalue weighted by atomic mass is 32.2. The molecule has 6 heteroatoms. The molecule has 1 amide bonds. The van der Waals surface area contributed by atoms with Crippen LogP contribution in [0.4, 0.5) is 5.69 Å². The fraction of sp³-hybridized carbons (Fsp3) is 0.0417. The van der Waals surface area contributed by atoms with Gasteiger partial charge < -0.3 is 10.4 Å². The van der Waals surface area contributed by atoms with Gasteiger partial charge in [0.15, 0.2) is 5.17 Å². The molecule has 1 aliphatic heterocycles. The number of aliphatic imine (C=N–C) groups is 1. The summed E-state index contributed by atoms with van der Waals surface area (Å²) in [6.45, 7) is 0. The van der Waals surface area contributed by atoms with Gasteiger partial charge in [0.25, 0.3) is 5.91 Å². The topological polar surface area (TPSA) is 78.8 Å². The van der Waals surface area contributed by atoms with Gasteiger partial charge in [-0.1, -0.05) is 66.7 Å². The minimum atomic E-state index is -0.876. The molecule has 4 rings (SSSR count). The van der Waals surface area contributed by atoms with Crippen LogP contribution >= 0.6 is 11.8 Å². The highest BCUT2D eigenvalue weighted by Gasteiger charge is 2.23. The third-order valence-electron chi connectivity index (χ3n) is 4.49. The highest BCUT2D eigenvalue weighted by molar-refractivity contribution is 8.18. The normalized spacial score (nSPS) is 16.1. The van der Waals surface area contributed by atoms with Crippen LogP contribution in [0.3, 0.4) is 0 Å². The van der Waals surface area contributed by atoms with E-state index in [4.69, 9.17) is 5.11 Å². The summed E-state index contributed by atoms with van der Waals surface area (Å²) in [6, 6.07) is 25.1. The Labute approximate surface area is 178 Å². The Morgan fingerprint density at radius 1 is 0.933 bits per heavy atom. The van der Waals surface area contributed by atoms with Crippen LogP contribution in [0, 0.1) is 0 Å². The zero-order valence-corrected chi connectivity index (χ0v) is 16.7. The number of nitrogens with zero attached hydrogens (tertiary/aromatic N) is 1. The van der Waals surface area contributed by atoms with Crippen LogP contribution in [0.15, 0.2) is 88.8 Å². The van der Waals surface area contributed by atoms with Crippen molar-refractivity contribution in [1.29, 1.82) is 0 Å². The lowest BCUT2D eigenvalue weighted by molar-refractivity contribution is -0.136. The van der Waals surface area contributed by atoms with Gasteiger partial charge in [0.1, 0.15) is 0 Å². The van der Waals surface area contributed by atoms with Crippen molar-refractivity contribution in [2.75, 3.05) is 0 Å². The van der Waals surface area contributed by atoms with Crippen molar-refractivity contribution in [3.05, 3.63) is 94.9 Å². The Morgan fingerprint density at radius 3 is 2.27 bits per heavy atom. The average Bonchev–Trinajstić information content (AvgIpc) is 3.09. The third-order valence-corrected chi connectivity index (χ3v) is 5.40. The summed E-state index contributed by atoms with van der Waals surface area (Å²) in [5.74, 6) is -1.06. The van der Waals surface area contributed by atoms with E-state index in [2.05, 4.69) is 22.4 Å². The van der Waals surface area contributed by atoms with Crippen molar-refractivity contribution < 1.29 is 14.7 Å².